The Morgan fingerprint density at radius 1 is 1.29 bits per heavy atom. The fraction of sp³-hybridized carbons (Fsp3) is 0.400. The molecule has 1 atom stereocenters. The van der Waals surface area contributed by atoms with Crippen molar-refractivity contribution in [1.29, 1.82) is 0 Å². The summed E-state index contributed by atoms with van der Waals surface area (Å²) < 4.78 is 36.6. The van der Waals surface area contributed by atoms with Crippen molar-refractivity contribution in [2.24, 2.45) is 0 Å². The summed E-state index contributed by atoms with van der Waals surface area (Å²) in [7, 11) is 0. The minimum Gasteiger partial charge on any atom is -0.379 e. The van der Waals surface area contributed by atoms with Crippen LogP contribution in [0.2, 0.25) is 0 Å². The second kappa shape index (κ2) is 4.00. The first-order valence-corrected chi connectivity index (χ1v) is 4.29. The summed E-state index contributed by atoms with van der Waals surface area (Å²) in [5, 5.41) is 9.04. The Bertz CT molecular complexity index is 306. The van der Waals surface area contributed by atoms with Crippen LogP contribution in [0.3, 0.4) is 0 Å². The molecule has 78 valence electrons. The molecule has 0 radical (unpaired) electrons. The normalized spacial score (nSPS) is 14.1. The monoisotopic (exact) mass is 204 g/mol. The van der Waals surface area contributed by atoms with Crippen molar-refractivity contribution in [2.45, 2.75) is 25.6 Å². The number of benzene rings is 1. The quantitative estimate of drug-likeness (QED) is 0.785. The van der Waals surface area contributed by atoms with E-state index in [4.69, 9.17) is 5.11 Å². The van der Waals surface area contributed by atoms with E-state index in [2.05, 4.69) is 0 Å². The maximum absolute atomic E-state index is 12.2. The van der Waals surface area contributed by atoms with Gasteiger partial charge in [0.2, 0.25) is 0 Å². The third-order valence-electron chi connectivity index (χ3n) is 2.04. The molecule has 0 heterocycles. The van der Waals surface area contributed by atoms with Crippen LogP contribution in [-0.4, -0.2) is 11.3 Å². The van der Waals surface area contributed by atoms with E-state index in [9.17, 15) is 13.2 Å². The van der Waals surface area contributed by atoms with E-state index in [0.29, 0.717) is 12.0 Å². The highest BCUT2D eigenvalue weighted by Gasteiger charge is 2.40. The van der Waals surface area contributed by atoms with Crippen LogP contribution in [0.4, 0.5) is 13.2 Å². The van der Waals surface area contributed by atoms with Crippen molar-refractivity contribution in [3.63, 3.8) is 0 Å². The topological polar surface area (TPSA) is 20.2 Å². The first-order valence-electron chi connectivity index (χ1n) is 4.29. The van der Waals surface area contributed by atoms with Gasteiger partial charge in [-0.1, -0.05) is 31.2 Å². The molecule has 0 aliphatic carbocycles. The average Bonchev–Trinajstić information content (AvgIpc) is 2.15. The molecule has 1 nitrogen and oxygen atoms in total. The summed E-state index contributed by atoms with van der Waals surface area (Å²) in [4.78, 5) is 0. The maximum Gasteiger partial charge on any atom is 0.418 e. The number of halogens is 3. The van der Waals surface area contributed by atoms with E-state index in [-0.39, 0.29) is 5.56 Å². The summed E-state index contributed by atoms with van der Waals surface area (Å²) in [6, 6.07) is 6.04. The standard InChI is InChI=1S/C10H11F3O/c1-2-7-5-3-4-6-8(7)9(14)10(11,12)13/h3-6,9,14H,2H2,1H3. The van der Waals surface area contributed by atoms with Gasteiger partial charge in [0.25, 0.3) is 0 Å². The number of hydrogen-bond donors (Lipinski definition) is 1. The summed E-state index contributed by atoms with van der Waals surface area (Å²) in [5.74, 6) is 0. The van der Waals surface area contributed by atoms with Crippen LogP contribution in [0.15, 0.2) is 24.3 Å². The van der Waals surface area contributed by atoms with Crippen LogP contribution < -0.4 is 0 Å². The summed E-state index contributed by atoms with van der Waals surface area (Å²) in [6.07, 6.45) is -6.49. The lowest BCUT2D eigenvalue weighted by Gasteiger charge is -2.17. The van der Waals surface area contributed by atoms with Crippen molar-refractivity contribution in [2.75, 3.05) is 0 Å². The summed E-state index contributed by atoms with van der Waals surface area (Å²) in [5.41, 5.74) is 0.472. The second-order valence-electron chi connectivity index (χ2n) is 3.00. The zero-order chi connectivity index (χ0) is 10.8. The SMILES string of the molecule is CCc1ccccc1C(O)C(F)(F)F. The molecule has 0 amide bonds. The van der Waals surface area contributed by atoms with Crippen molar-refractivity contribution in [3.05, 3.63) is 35.4 Å². The molecule has 0 aliphatic rings. The molecule has 0 saturated carbocycles. The number of aliphatic hydroxyl groups excluding tert-OH is 1. The van der Waals surface area contributed by atoms with Gasteiger partial charge in [-0.25, -0.2) is 0 Å². The Hall–Kier alpha value is -1.03. The number of alkyl halides is 3. The molecule has 0 aliphatic heterocycles. The molecular formula is C10H11F3O. The Morgan fingerprint density at radius 3 is 2.36 bits per heavy atom. The van der Waals surface area contributed by atoms with Crippen LogP contribution in [0.1, 0.15) is 24.2 Å². The van der Waals surface area contributed by atoms with E-state index < -0.39 is 12.3 Å². The smallest absolute Gasteiger partial charge is 0.379 e. The van der Waals surface area contributed by atoms with Crippen molar-refractivity contribution < 1.29 is 18.3 Å². The minimum atomic E-state index is -4.59. The van der Waals surface area contributed by atoms with Gasteiger partial charge in [0.05, 0.1) is 0 Å². The third-order valence-corrected chi connectivity index (χ3v) is 2.04. The number of aryl methyl sites for hydroxylation is 1. The Balaban J connectivity index is 3.06. The average molecular weight is 204 g/mol. The highest BCUT2D eigenvalue weighted by molar-refractivity contribution is 5.29. The molecule has 1 rings (SSSR count). The first-order chi connectivity index (χ1) is 6.46. The van der Waals surface area contributed by atoms with Gasteiger partial charge in [0, 0.05) is 0 Å². The van der Waals surface area contributed by atoms with Crippen molar-refractivity contribution in [1.82, 2.24) is 0 Å². The first kappa shape index (κ1) is 11.0. The highest BCUT2D eigenvalue weighted by Crippen LogP contribution is 2.33. The largest absolute Gasteiger partial charge is 0.418 e. The van der Waals surface area contributed by atoms with Gasteiger partial charge >= 0.3 is 6.18 Å². The second-order valence-corrected chi connectivity index (χ2v) is 3.00. The molecule has 1 aromatic carbocycles. The van der Waals surface area contributed by atoms with E-state index in [0.717, 1.165) is 0 Å². The van der Waals surface area contributed by atoms with Crippen molar-refractivity contribution >= 4 is 0 Å². The number of aliphatic hydroxyl groups is 1. The van der Waals surface area contributed by atoms with Crippen LogP contribution in [0.5, 0.6) is 0 Å². The molecule has 0 spiro atoms. The molecule has 1 unspecified atom stereocenters. The fourth-order valence-electron chi connectivity index (χ4n) is 1.30. The lowest BCUT2D eigenvalue weighted by Crippen LogP contribution is -2.21. The molecule has 0 fully saturated rings. The molecule has 0 bridgehead atoms. The molecule has 1 aromatic rings. The zero-order valence-corrected chi connectivity index (χ0v) is 7.67. The number of rotatable bonds is 2. The van der Waals surface area contributed by atoms with E-state index in [1.165, 1.54) is 12.1 Å². The molecule has 0 aromatic heterocycles. The van der Waals surface area contributed by atoms with Crippen molar-refractivity contribution in [3.8, 4) is 0 Å². The van der Waals surface area contributed by atoms with E-state index in [1.807, 2.05) is 0 Å². The van der Waals surface area contributed by atoms with E-state index >= 15 is 0 Å². The Labute approximate surface area is 80.2 Å². The van der Waals surface area contributed by atoms with Gasteiger partial charge < -0.3 is 5.11 Å². The predicted molar refractivity (Wildman–Crippen MR) is 46.8 cm³/mol. The van der Waals surface area contributed by atoms with Gasteiger partial charge in [-0.3, -0.25) is 0 Å². The Kier molecular flexibility index (Phi) is 3.16. The summed E-state index contributed by atoms with van der Waals surface area (Å²) in [6.45, 7) is 1.75. The number of hydrogen-bond acceptors (Lipinski definition) is 1. The lowest BCUT2D eigenvalue weighted by atomic mass is 10.0. The van der Waals surface area contributed by atoms with Gasteiger partial charge in [0.15, 0.2) is 6.10 Å². The summed E-state index contributed by atoms with van der Waals surface area (Å²) >= 11 is 0. The molecular weight excluding hydrogens is 193 g/mol. The zero-order valence-electron chi connectivity index (χ0n) is 7.67. The van der Waals surface area contributed by atoms with Gasteiger partial charge in [-0.2, -0.15) is 13.2 Å². The van der Waals surface area contributed by atoms with E-state index in [1.54, 1.807) is 19.1 Å². The molecule has 1 N–H and O–H groups in total. The van der Waals surface area contributed by atoms with Crippen LogP contribution in [0, 0.1) is 0 Å². The lowest BCUT2D eigenvalue weighted by molar-refractivity contribution is -0.207. The van der Waals surface area contributed by atoms with Gasteiger partial charge in [-0.15, -0.1) is 0 Å². The molecule has 0 saturated heterocycles. The van der Waals surface area contributed by atoms with Crippen LogP contribution >= 0.6 is 0 Å². The van der Waals surface area contributed by atoms with Gasteiger partial charge in [-0.05, 0) is 17.5 Å². The predicted octanol–water partition coefficient (Wildman–Crippen LogP) is 2.84. The molecule has 14 heavy (non-hydrogen) atoms. The van der Waals surface area contributed by atoms with Crippen LogP contribution in [-0.2, 0) is 6.42 Å². The van der Waals surface area contributed by atoms with Gasteiger partial charge in [0.1, 0.15) is 0 Å². The van der Waals surface area contributed by atoms with Crippen LogP contribution in [0.25, 0.3) is 0 Å². The highest BCUT2D eigenvalue weighted by atomic mass is 19.4. The fourth-order valence-corrected chi connectivity index (χ4v) is 1.30. The molecule has 4 heteroatoms. The maximum atomic E-state index is 12.2. The Morgan fingerprint density at radius 2 is 1.86 bits per heavy atom. The minimum absolute atomic E-state index is 0.0532. The third kappa shape index (κ3) is 2.26.